The molecule has 27 heavy (non-hydrogen) atoms. The molecule has 0 bridgehead atoms. The highest BCUT2D eigenvalue weighted by atomic mass is 16.3. The molecule has 0 radical (unpaired) electrons. The zero-order valence-electron chi connectivity index (χ0n) is 16.0. The predicted octanol–water partition coefficient (Wildman–Crippen LogP) is 6.72. The van der Waals surface area contributed by atoms with Crippen LogP contribution >= 0.6 is 0 Å². The molecule has 0 atom stereocenters. The van der Waals surface area contributed by atoms with Gasteiger partial charge in [0.05, 0.1) is 0 Å². The Hall–Kier alpha value is -3.20. The number of nitrogens with zero attached hydrogens (tertiary/aromatic N) is 1. The molecule has 134 valence electrons. The van der Waals surface area contributed by atoms with Crippen LogP contribution in [0.15, 0.2) is 63.4 Å². The van der Waals surface area contributed by atoms with E-state index in [1.807, 2.05) is 24.3 Å². The first-order valence-corrected chi connectivity index (χ1v) is 9.20. The number of rotatable bonds is 2. The Morgan fingerprint density at radius 2 is 1.52 bits per heavy atom. The summed E-state index contributed by atoms with van der Waals surface area (Å²) >= 11 is 0. The Kier molecular flexibility index (Phi) is 3.35. The topological polar surface area (TPSA) is 29.5 Å². The summed E-state index contributed by atoms with van der Waals surface area (Å²) in [5, 5.41) is 4.51. The fraction of sp³-hybridized carbons (Fsp3) is 0.167. The van der Waals surface area contributed by atoms with Crippen molar-refractivity contribution in [2.24, 2.45) is 0 Å². The first kappa shape index (κ1) is 16.0. The van der Waals surface area contributed by atoms with Crippen molar-refractivity contribution < 1.29 is 8.83 Å². The molecule has 2 aromatic heterocycles. The van der Waals surface area contributed by atoms with Gasteiger partial charge in [-0.05, 0) is 37.6 Å². The van der Waals surface area contributed by atoms with Gasteiger partial charge in [-0.15, -0.1) is 0 Å². The molecular weight excluding hydrogens is 334 g/mol. The van der Waals surface area contributed by atoms with Gasteiger partial charge in [0.15, 0.2) is 0 Å². The summed E-state index contributed by atoms with van der Waals surface area (Å²) in [7, 11) is 4.14. The summed E-state index contributed by atoms with van der Waals surface area (Å²) in [5.74, 6) is 0. The molecule has 3 nitrogen and oxygen atoms in total. The maximum atomic E-state index is 6.41. The molecular formula is C24H21NO2. The van der Waals surface area contributed by atoms with E-state index in [4.69, 9.17) is 8.83 Å². The lowest BCUT2D eigenvalue weighted by molar-refractivity contribution is 0.587. The smallest absolute Gasteiger partial charge is 0.145 e. The van der Waals surface area contributed by atoms with Gasteiger partial charge in [0.2, 0.25) is 0 Å². The highest BCUT2D eigenvalue weighted by Crippen LogP contribution is 2.42. The number of para-hydroxylation sites is 1. The number of furan rings is 2. The Labute approximate surface area is 157 Å². The molecule has 0 fully saturated rings. The van der Waals surface area contributed by atoms with Crippen LogP contribution in [0.25, 0.3) is 49.6 Å². The molecule has 0 unspecified atom stereocenters. The maximum Gasteiger partial charge on any atom is 0.145 e. The second-order valence-electron chi connectivity index (χ2n) is 7.21. The molecule has 0 saturated carbocycles. The molecule has 5 aromatic rings. The number of hydrogen-bond acceptors (Lipinski definition) is 3. The van der Waals surface area contributed by atoms with E-state index in [1.54, 1.807) is 0 Å². The number of hydrogen-bond donors (Lipinski definition) is 0. The van der Waals surface area contributed by atoms with Gasteiger partial charge in [0.1, 0.15) is 22.3 Å². The Bertz CT molecular complexity index is 1370. The van der Waals surface area contributed by atoms with Crippen LogP contribution in [0, 0.1) is 6.92 Å². The average molecular weight is 355 g/mol. The summed E-state index contributed by atoms with van der Waals surface area (Å²) in [6.07, 6.45) is 2.14. The molecule has 0 aliphatic heterocycles. The van der Waals surface area contributed by atoms with E-state index in [-0.39, 0.29) is 0 Å². The standard InChI is InChI=1S/C24H21NO2/c1-5-17(25(3)4)21-14(2)10-11-16-23-20(27-24(16)21)13-12-19-22(23)15-8-6-7-9-18(15)26-19/h5-13H,1-4H3/b17-5-. The van der Waals surface area contributed by atoms with Gasteiger partial charge in [0.25, 0.3) is 0 Å². The second kappa shape index (κ2) is 5.65. The largest absolute Gasteiger partial charge is 0.456 e. The average Bonchev–Trinajstić information content (AvgIpc) is 3.21. The fourth-order valence-electron chi connectivity index (χ4n) is 4.19. The number of aryl methyl sites for hydroxylation is 1. The fourth-order valence-corrected chi connectivity index (χ4v) is 4.19. The molecule has 0 N–H and O–H groups in total. The molecule has 0 aliphatic rings. The van der Waals surface area contributed by atoms with Gasteiger partial charge < -0.3 is 13.7 Å². The molecule has 0 aliphatic carbocycles. The van der Waals surface area contributed by atoms with Gasteiger partial charge in [-0.25, -0.2) is 0 Å². The summed E-state index contributed by atoms with van der Waals surface area (Å²) in [6, 6.07) is 16.6. The van der Waals surface area contributed by atoms with E-state index in [0.29, 0.717) is 0 Å². The predicted molar refractivity (Wildman–Crippen MR) is 113 cm³/mol. The Morgan fingerprint density at radius 1 is 0.815 bits per heavy atom. The highest BCUT2D eigenvalue weighted by Gasteiger charge is 2.20. The van der Waals surface area contributed by atoms with Crippen LogP contribution in [0.5, 0.6) is 0 Å². The number of allylic oxidation sites excluding steroid dienone is 1. The Morgan fingerprint density at radius 3 is 2.26 bits per heavy atom. The van der Waals surface area contributed by atoms with Gasteiger partial charge in [-0.1, -0.05) is 36.4 Å². The second-order valence-corrected chi connectivity index (χ2v) is 7.21. The monoisotopic (exact) mass is 355 g/mol. The van der Waals surface area contributed by atoms with Crippen molar-refractivity contribution in [2.75, 3.05) is 14.1 Å². The van der Waals surface area contributed by atoms with Crippen molar-refractivity contribution in [3.8, 4) is 0 Å². The molecule has 3 aromatic carbocycles. The van der Waals surface area contributed by atoms with Gasteiger partial charge in [-0.3, -0.25) is 0 Å². The Balaban J connectivity index is 2.01. The third kappa shape index (κ3) is 2.15. The summed E-state index contributed by atoms with van der Waals surface area (Å²) in [5.41, 5.74) is 7.14. The summed E-state index contributed by atoms with van der Waals surface area (Å²) in [6.45, 7) is 4.20. The lowest BCUT2D eigenvalue weighted by Gasteiger charge is -2.19. The van der Waals surface area contributed by atoms with Crippen molar-refractivity contribution in [1.82, 2.24) is 4.90 Å². The number of benzene rings is 3. The molecule has 2 heterocycles. The summed E-state index contributed by atoms with van der Waals surface area (Å²) in [4.78, 5) is 2.14. The summed E-state index contributed by atoms with van der Waals surface area (Å²) < 4.78 is 12.5. The first-order valence-electron chi connectivity index (χ1n) is 9.20. The van der Waals surface area contributed by atoms with Crippen LogP contribution in [0.4, 0.5) is 0 Å². The van der Waals surface area contributed by atoms with Crippen LogP contribution in [0.3, 0.4) is 0 Å². The minimum atomic E-state index is 0.894. The van der Waals surface area contributed by atoms with Crippen molar-refractivity contribution >= 4 is 49.6 Å². The van der Waals surface area contributed by atoms with Crippen LogP contribution in [0.1, 0.15) is 18.1 Å². The zero-order chi connectivity index (χ0) is 18.7. The highest BCUT2D eigenvalue weighted by molar-refractivity contribution is 6.26. The van der Waals surface area contributed by atoms with E-state index in [1.165, 1.54) is 5.56 Å². The van der Waals surface area contributed by atoms with E-state index >= 15 is 0 Å². The first-order chi connectivity index (χ1) is 13.1. The third-order valence-electron chi connectivity index (χ3n) is 5.36. The van der Waals surface area contributed by atoms with Crippen molar-refractivity contribution in [2.45, 2.75) is 13.8 Å². The number of fused-ring (bicyclic) bond motifs is 7. The zero-order valence-corrected chi connectivity index (χ0v) is 16.0. The van der Waals surface area contributed by atoms with Crippen molar-refractivity contribution in [3.05, 3.63) is 65.7 Å². The van der Waals surface area contributed by atoms with Crippen LogP contribution in [-0.4, -0.2) is 19.0 Å². The van der Waals surface area contributed by atoms with E-state index < -0.39 is 0 Å². The molecule has 5 rings (SSSR count). The van der Waals surface area contributed by atoms with Crippen molar-refractivity contribution in [1.29, 1.82) is 0 Å². The molecule has 0 spiro atoms. The lowest BCUT2D eigenvalue weighted by atomic mass is 9.99. The van der Waals surface area contributed by atoms with E-state index in [0.717, 1.165) is 55.1 Å². The quantitative estimate of drug-likeness (QED) is 0.352. The maximum absolute atomic E-state index is 6.41. The van der Waals surface area contributed by atoms with Crippen LogP contribution in [0.2, 0.25) is 0 Å². The van der Waals surface area contributed by atoms with Gasteiger partial charge in [0, 0.05) is 46.9 Å². The van der Waals surface area contributed by atoms with Crippen molar-refractivity contribution in [3.63, 3.8) is 0 Å². The van der Waals surface area contributed by atoms with E-state index in [2.05, 4.69) is 63.2 Å². The molecule has 3 heteroatoms. The molecule has 0 saturated heterocycles. The third-order valence-corrected chi connectivity index (χ3v) is 5.36. The van der Waals surface area contributed by atoms with Crippen LogP contribution < -0.4 is 0 Å². The normalized spacial score (nSPS) is 12.7. The van der Waals surface area contributed by atoms with Gasteiger partial charge >= 0.3 is 0 Å². The minimum absolute atomic E-state index is 0.894. The SMILES string of the molecule is C/C=C(/c1c(C)ccc2c1oc1ccc3oc4ccccc4c3c12)N(C)C. The van der Waals surface area contributed by atoms with Gasteiger partial charge in [-0.2, -0.15) is 0 Å². The van der Waals surface area contributed by atoms with Crippen LogP contribution in [-0.2, 0) is 0 Å². The lowest BCUT2D eigenvalue weighted by Crippen LogP contribution is -2.10. The minimum Gasteiger partial charge on any atom is -0.456 e. The molecule has 0 amide bonds. The van der Waals surface area contributed by atoms with E-state index in [9.17, 15) is 0 Å².